The lowest BCUT2D eigenvalue weighted by molar-refractivity contribution is 0.0857. The molecule has 14 heavy (non-hydrogen) atoms. The minimum Gasteiger partial charge on any atom is -0.508 e. The van der Waals surface area contributed by atoms with Crippen molar-refractivity contribution >= 4 is 21.7 Å². The molecule has 1 rings (SSSR count). The molecule has 76 valence electrons. The predicted octanol–water partition coefficient (Wildman–Crippen LogP) is 3.38. The molecule has 0 aliphatic rings. The van der Waals surface area contributed by atoms with Crippen LogP contribution in [0.1, 0.15) is 31.1 Å². The Balaban J connectivity index is 3.19. The van der Waals surface area contributed by atoms with Crippen LogP contribution >= 0.6 is 15.9 Å². The number of hydrogen-bond donors (Lipinski definition) is 1. The average Bonchev–Trinajstić information content (AvgIpc) is 2.06. The van der Waals surface area contributed by atoms with Crippen LogP contribution in [0.15, 0.2) is 22.7 Å². The summed E-state index contributed by atoms with van der Waals surface area (Å²) in [5.74, 6) is 0.126. The number of Topliss-reactive ketones (excluding diaryl/α,β-unsaturated/α-hetero) is 1. The summed E-state index contributed by atoms with van der Waals surface area (Å²) in [6.45, 7) is 5.56. The first-order chi connectivity index (χ1) is 6.32. The summed E-state index contributed by atoms with van der Waals surface area (Å²) < 4.78 is 0.718. The van der Waals surface area contributed by atoms with E-state index in [4.69, 9.17) is 0 Å². The quantitative estimate of drug-likeness (QED) is 0.783. The topological polar surface area (TPSA) is 37.3 Å². The summed E-state index contributed by atoms with van der Waals surface area (Å²) in [6, 6.07) is 4.70. The van der Waals surface area contributed by atoms with Gasteiger partial charge in [0.2, 0.25) is 0 Å². The first-order valence-corrected chi connectivity index (χ1v) is 5.15. The third kappa shape index (κ3) is 2.35. The number of phenolic OH excluding ortho intramolecular Hbond substituents is 1. The van der Waals surface area contributed by atoms with Crippen molar-refractivity contribution in [2.24, 2.45) is 5.41 Å². The Morgan fingerprint density at radius 2 is 1.93 bits per heavy atom. The predicted molar refractivity (Wildman–Crippen MR) is 59.6 cm³/mol. The van der Waals surface area contributed by atoms with E-state index in [0.29, 0.717) is 5.56 Å². The molecule has 1 N–H and O–H groups in total. The van der Waals surface area contributed by atoms with Gasteiger partial charge in [-0.3, -0.25) is 4.79 Å². The molecule has 1 aromatic rings. The van der Waals surface area contributed by atoms with Gasteiger partial charge in [0.25, 0.3) is 0 Å². The zero-order valence-corrected chi connectivity index (χ0v) is 10.1. The Morgan fingerprint density at radius 1 is 1.36 bits per heavy atom. The van der Waals surface area contributed by atoms with Crippen LogP contribution in [0.2, 0.25) is 0 Å². The zero-order chi connectivity index (χ0) is 10.9. The fraction of sp³-hybridized carbons (Fsp3) is 0.364. The fourth-order valence-corrected chi connectivity index (χ4v) is 1.52. The van der Waals surface area contributed by atoms with Crippen LogP contribution in [-0.2, 0) is 0 Å². The van der Waals surface area contributed by atoms with E-state index in [1.807, 2.05) is 20.8 Å². The number of aromatic hydroxyl groups is 1. The van der Waals surface area contributed by atoms with Crippen molar-refractivity contribution in [2.45, 2.75) is 20.8 Å². The second-order valence-corrected chi connectivity index (χ2v) is 5.10. The van der Waals surface area contributed by atoms with Gasteiger partial charge in [0.15, 0.2) is 5.78 Å². The van der Waals surface area contributed by atoms with Crippen molar-refractivity contribution in [2.75, 3.05) is 0 Å². The van der Waals surface area contributed by atoms with E-state index in [2.05, 4.69) is 15.9 Å². The van der Waals surface area contributed by atoms with E-state index in [1.54, 1.807) is 12.1 Å². The maximum Gasteiger partial charge on any atom is 0.169 e. The van der Waals surface area contributed by atoms with Crippen LogP contribution in [0.5, 0.6) is 5.75 Å². The molecular formula is C11H13BrO2. The largest absolute Gasteiger partial charge is 0.508 e. The molecule has 0 aliphatic heterocycles. The van der Waals surface area contributed by atoms with Gasteiger partial charge in [-0.25, -0.2) is 0 Å². The SMILES string of the molecule is CC(C)(C)C(=O)c1cc(O)ccc1Br. The maximum absolute atomic E-state index is 11.9. The molecule has 1 aromatic carbocycles. The van der Waals surface area contributed by atoms with Gasteiger partial charge in [0.05, 0.1) is 0 Å². The maximum atomic E-state index is 11.9. The van der Waals surface area contributed by atoms with E-state index in [0.717, 1.165) is 4.47 Å². The Kier molecular flexibility index (Phi) is 3.00. The monoisotopic (exact) mass is 256 g/mol. The lowest BCUT2D eigenvalue weighted by Crippen LogP contribution is -2.20. The average molecular weight is 257 g/mol. The van der Waals surface area contributed by atoms with Gasteiger partial charge in [0, 0.05) is 15.5 Å². The molecule has 0 saturated heterocycles. The third-order valence-electron chi connectivity index (χ3n) is 1.88. The number of carbonyl (C=O) groups is 1. The summed E-state index contributed by atoms with van der Waals surface area (Å²) in [7, 11) is 0. The van der Waals surface area contributed by atoms with E-state index in [-0.39, 0.29) is 11.5 Å². The lowest BCUT2D eigenvalue weighted by atomic mass is 9.86. The van der Waals surface area contributed by atoms with Crippen LogP contribution in [-0.4, -0.2) is 10.9 Å². The second-order valence-electron chi connectivity index (χ2n) is 4.24. The van der Waals surface area contributed by atoms with Crippen molar-refractivity contribution in [1.82, 2.24) is 0 Å². The van der Waals surface area contributed by atoms with Crippen LogP contribution in [0.25, 0.3) is 0 Å². The van der Waals surface area contributed by atoms with Crippen LogP contribution < -0.4 is 0 Å². The highest BCUT2D eigenvalue weighted by Crippen LogP contribution is 2.28. The van der Waals surface area contributed by atoms with Crippen molar-refractivity contribution in [1.29, 1.82) is 0 Å². The van der Waals surface area contributed by atoms with Crippen LogP contribution in [0.4, 0.5) is 0 Å². The smallest absolute Gasteiger partial charge is 0.169 e. The molecule has 0 bridgehead atoms. The van der Waals surface area contributed by atoms with Gasteiger partial charge in [-0.1, -0.05) is 36.7 Å². The zero-order valence-electron chi connectivity index (χ0n) is 8.47. The van der Waals surface area contributed by atoms with Gasteiger partial charge in [0.1, 0.15) is 5.75 Å². The highest BCUT2D eigenvalue weighted by molar-refractivity contribution is 9.10. The molecule has 0 radical (unpaired) electrons. The number of phenols is 1. The number of benzene rings is 1. The van der Waals surface area contributed by atoms with Crippen molar-refractivity contribution in [3.8, 4) is 5.75 Å². The molecule has 0 atom stereocenters. The van der Waals surface area contributed by atoms with E-state index >= 15 is 0 Å². The molecule has 3 heteroatoms. The summed E-state index contributed by atoms with van der Waals surface area (Å²) in [5, 5.41) is 9.28. The third-order valence-corrected chi connectivity index (χ3v) is 2.57. The first kappa shape index (κ1) is 11.2. The molecule has 2 nitrogen and oxygen atoms in total. The van der Waals surface area contributed by atoms with Crippen molar-refractivity contribution in [3.05, 3.63) is 28.2 Å². The summed E-state index contributed by atoms with van der Waals surface area (Å²) >= 11 is 3.29. The Labute approximate surface area is 92.1 Å². The number of ketones is 1. The molecule has 0 aromatic heterocycles. The molecule has 0 spiro atoms. The van der Waals surface area contributed by atoms with Crippen LogP contribution in [0.3, 0.4) is 0 Å². The first-order valence-electron chi connectivity index (χ1n) is 4.35. The highest BCUT2D eigenvalue weighted by atomic mass is 79.9. The highest BCUT2D eigenvalue weighted by Gasteiger charge is 2.24. The molecule has 0 heterocycles. The number of carbonyl (C=O) groups excluding carboxylic acids is 1. The van der Waals surface area contributed by atoms with E-state index in [9.17, 15) is 9.90 Å². The minimum atomic E-state index is -0.434. The van der Waals surface area contributed by atoms with Crippen molar-refractivity contribution in [3.63, 3.8) is 0 Å². The lowest BCUT2D eigenvalue weighted by Gasteiger charge is -2.17. The Morgan fingerprint density at radius 3 is 2.43 bits per heavy atom. The van der Waals surface area contributed by atoms with Gasteiger partial charge < -0.3 is 5.11 Å². The van der Waals surface area contributed by atoms with Gasteiger partial charge in [-0.15, -0.1) is 0 Å². The normalized spacial score (nSPS) is 11.4. The van der Waals surface area contributed by atoms with E-state index < -0.39 is 5.41 Å². The van der Waals surface area contributed by atoms with Crippen molar-refractivity contribution < 1.29 is 9.90 Å². The second kappa shape index (κ2) is 3.73. The van der Waals surface area contributed by atoms with Gasteiger partial charge in [-0.05, 0) is 18.2 Å². The molecule has 0 saturated carbocycles. The summed E-state index contributed by atoms with van der Waals surface area (Å²) in [5.41, 5.74) is 0.0913. The standard InChI is InChI=1S/C11H13BrO2/c1-11(2,3)10(14)8-6-7(13)4-5-9(8)12/h4-6,13H,1-3H3. The van der Waals surface area contributed by atoms with E-state index in [1.165, 1.54) is 6.07 Å². The molecule has 0 amide bonds. The van der Waals surface area contributed by atoms with Gasteiger partial charge in [-0.2, -0.15) is 0 Å². The summed E-state index contributed by atoms with van der Waals surface area (Å²) in [6.07, 6.45) is 0. The minimum absolute atomic E-state index is 0.0141. The van der Waals surface area contributed by atoms with Gasteiger partial charge >= 0.3 is 0 Å². The molecular weight excluding hydrogens is 244 g/mol. The molecule has 0 fully saturated rings. The summed E-state index contributed by atoms with van der Waals surface area (Å²) in [4.78, 5) is 11.9. The number of halogens is 1. The Hall–Kier alpha value is -0.830. The number of hydrogen-bond acceptors (Lipinski definition) is 2. The number of rotatable bonds is 1. The Bertz CT molecular complexity index is 364. The fourth-order valence-electron chi connectivity index (χ4n) is 1.09. The molecule has 0 unspecified atom stereocenters. The molecule has 0 aliphatic carbocycles. The van der Waals surface area contributed by atoms with Crippen LogP contribution in [0, 0.1) is 5.41 Å².